The van der Waals surface area contributed by atoms with E-state index in [-0.39, 0.29) is 6.23 Å². The standard InChI is InChI=1S/C9H15NO3S/c11-6-13-8-5-14-9(10-8)7-1-3-12-4-2-7/h6-10H,1-5H2/t8-,9?/m1/s1. The normalized spacial score (nSPS) is 34.3. The zero-order valence-corrected chi connectivity index (χ0v) is 8.79. The van der Waals surface area contributed by atoms with Gasteiger partial charge in [-0.3, -0.25) is 10.1 Å². The van der Waals surface area contributed by atoms with E-state index in [4.69, 9.17) is 9.47 Å². The smallest absolute Gasteiger partial charge is 0.294 e. The van der Waals surface area contributed by atoms with Gasteiger partial charge in [-0.05, 0) is 18.8 Å². The Balaban J connectivity index is 1.78. The molecular formula is C9H15NO3S. The fourth-order valence-corrected chi connectivity index (χ4v) is 3.26. The van der Waals surface area contributed by atoms with E-state index < -0.39 is 0 Å². The monoisotopic (exact) mass is 217 g/mol. The second-order valence-corrected chi connectivity index (χ2v) is 4.77. The Labute approximate surface area is 87.7 Å². The molecule has 0 aromatic rings. The highest BCUT2D eigenvalue weighted by Crippen LogP contribution is 2.31. The first-order chi connectivity index (χ1) is 6.90. The van der Waals surface area contributed by atoms with Crippen LogP contribution in [0.3, 0.4) is 0 Å². The summed E-state index contributed by atoms with van der Waals surface area (Å²) in [4.78, 5) is 10.2. The second kappa shape index (κ2) is 5.00. The Morgan fingerprint density at radius 1 is 1.43 bits per heavy atom. The molecule has 4 nitrogen and oxygen atoms in total. The van der Waals surface area contributed by atoms with Crippen molar-refractivity contribution < 1.29 is 14.3 Å². The van der Waals surface area contributed by atoms with Gasteiger partial charge in [0.1, 0.15) is 0 Å². The quantitative estimate of drug-likeness (QED) is 0.700. The molecule has 5 heteroatoms. The van der Waals surface area contributed by atoms with Crippen molar-refractivity contribution in [2.45, 2.75) is 24.4 Å². The molecule has 80 valence electrons. The molecular weight excluding hydrogens is 202 g/mol. The summed E-state index contributed by atoms with van der Waals surface area (Å²) in [6.45, 7) is 2.25. The van der Waals surface area contributed by atoms with Gasteiger partial charge < -0.3 is 9.47 Å². The van der Waals surface area contributed by atoms with Crippen molar-refractivity contribution in [2.24, 2.45) is 5.92 Å². The summed E-state index contributed by atoms with van der Waals surface area (Å²) in [5.74, 6) is 1.52. The average Bonchev–Trinajstić information content (AvgIpc) is 2.68. The predicted molar refractivity (Wildman–Crippen MR) is 53.9 cm³/mol. The third kappa shape index (κ3) is 2.40. The molecule has 2 fully saturated rings. The van der Waals surface area contributed by atoms with E-state index in [1.165, 1.54) is 0 Å². The van der Waals surface area contributed by atoms with Crippen molar-refractivity contribution in [3.63, 3.8) is 0 Å². The van der Waals surface area contributed by atoms with Gasteiger partial charge in [0.25, 0.3) is 6.47 Å². The van der Waals surface area contributed by atoms with Gasteiger partial charge >= 0.3 is 0 Å². The Morgan fingerprint density at radius 3 is 2.93 bits per heavy atom. The summed E-state index contributed by atoms with van der Waals surface area (Å²) in [5.41, 5.74) is 0. The van der Waals surface area contributed by atoms with Gasteiger partial charge in [0.05, 0.1) is 5.37 Å². The average molecular weight is 217 g/mol. The molecule has 2 rings (SSSR count). The van der Waals surface area contributed by atoms with E-state index in [9.17, 15) is 4.79 Å². The maximum absolute atomic E-state index is 10.2. The second-order valence-electron chi connectivity index (χ2n) is 3.59. The Bertz CT molecular complexity index is 196. The highest BCUT2D eigenvalue weighted by atomic mass is 32.2. The summed E-state index contributed by atoms with van der Waals surface area (Å²) in [6.07, 6.45) is 2.13. The summed E-state index contributed by atoms with van der Waals surface area (Å²) in [7, 11) is 0. The van der Waals surface area contributed by atoms with E-state index in [2.05, 4.69) is 5.32 Å². The molecule has 2 saturated heterocycles. The lowest BCUT2D eigenvalue weighted by atomic mass is 10.0. The molecule has 2 aliphatic rings. The van der Waals surface area contributed by atoms with Gasteiger partial charge in [0.15, 0.2) is 6.23 Å². The van der Waals surface area contributed by atoms with Gasteiger partial charge in [0.2, 0.25) is 0 Å². The minimum absolute atomic E-state index is 0.0923. The van der Waals surface area contributed by atoms with E-state index in [0.29, 0.717) is 17.8 Å². The number of rotatable bonds is 3. The van der Waals surface area contributed by atoms with Crippen LogP contribution in [0.1, 0.15) is 12.8 Å². The Morgan fingerprint density at radius 2 is 2.21 bits per heavy atom. The van der Waals surface area contributed by atoms with Crippen molar-refractivity contribution in [1.82, 2.24) is 5.32 Å². The first-order valence-corrected chi connectivity index (χ1v) is 5.99. The first kappa shape index (κ1) is 10.3. The van der Waals surface area contributed by atoms with Gasteiger partial charge in [0, 0.05) is 19.0 Å². The van der Waals surface area contributed by atoms with E-state index >= 15 is 0 Å². The predicted octanol–water partition coefficient (Wildman–Crippen LogP) is 0.575. The molecule has 0 saturated carbocycles. The zero-order valence-electron chi connectivity index (χ0n) is 7.98. The number of thioether (sulfide) groups is 1. The lowest BCUT2D eigenvalue weighted by Crippen LogP contribution is -2.38. The van der Waals surface area contributed by atoms with Gasteiger partial charge in [-0.2, -0.15) is 0 Å². The molecule has 0 bridgehead atoms. The molecule has 1 N–H and O–H groups in total. The van der Waals surface area contributed by atoms with E-state index in [1.807, 2.05) is 11.8 Å². The maximum atomic E-state index is 10.2. The summed E-state index contributed by atoms with van der Waals surface area (Å²) in [6, 6.07) is 0. The molecule has 2 atom stereocenters. The first-order valence-electron chi connectivity index (χ1n) is 4.94. The van der Waals surface area contributed by atoms with Crippen LogP contribution in [0.15, 0.2) is 0 Å². The molecule has 14 heavy (non-hydrogen) atoms. The third-order valence-corrected chi connectivity index (χ3v) is 4.07. The highest BCUT2D eigenvalue weighted by molar-refractivity contribution is 8.00. The largest absolute Gasteiger partial charge is 0.448 e. The van der Waals surface area contributed by atoms with Crippen LogP contribution in [-0.4, -0.2) is 37.0 Å². The summed E-state index contributed by atoms with van der Waals surface area (Å²) < 4.78 is 10.2. The van der Waals surface area contributed by atoms with Crippen LogP contribution < -0.4 is 5.32 Å². The molecule has 2 aliphatic heterocycles. The van der Waals surface area contributed by atoms with E-state index in [1.54, 1.807) is 0 Å². The van der Waals surface area contributed by atoms with Crippen molar-refractivity contribution in [3.05, 3.63) is 0 Å². The highest BCUT2D eigenvalue weighted by Gasteiger charge is 2.32. The Hall–Kier alpha value is -0.260. The number of hydrogen-bond acceptors (Lipinski definition) is 5. The fraction of sp³-hybridized carbons (Fsp3) is 0.889. The van der Waals surface area contributed by atoms with Crippen molar-refractivity contribution >= 4 is 18.2 Å². The van der Waals surface area contributed by atoms with Crippen LogP contribution in [-0.2, 0) is 14.3 Å². The van der Waals surface area contributed by atoms with Gasteiger partial charge in [-0.15, -0.1) is 11.8 Å². The van der Waals surface area contributed by atoms with Crippen LogP contribution in [0.2, 0.25) is 0 Å². The number of nitrogens with one attached hydrogen (secondary N) is 1. The number of carbonyl (C=O) groups is 1. The lowest BCUT2D eigenvalue weighted by molar-refractivity contribution is -0.133. The minimum Gasteiger partial charge on any atom is -0.448 e. The minimum atomic E-state index is -0.0923. The molecule has 0 aromatic carbocycles. The number of hydrogen-bond donors (Lipinski definition) is 1. The van der Waals surface area contributed by atoms with Crippen LogP contribution in [0.4, 0.5) is 0 Å². The van der Waals surface area contributed by atoms with Crippen LogP contribution in [0, 0.1) is 5.92 Å². The van der Waals surface area contributed by atoms with Gasteiger partial charge in [-0.25, -0.2) is 0 Å². The molecule has 0 aliphatic carbocycles. The molecule has 2 heterocycles. The zero-order chi connectivity index (χ0) is 9.80. The maximum Gasteiger partial charge on any atom is 0.294 e. The molecule has 0 spiro atoms. The molecule has 0 radical (unpaired) electrons. The van der Waals surface area contributed by atoms with E-state index in [0.717, 1.165) is 31.8 Å². The van der Waals surface area contributed by atoms with Crippen LogP contribution in [0.25, 0.3) is 0 Å². The van der Waals surface area contributed by atoms with Crippen molar-refractivity contribution in [3.8, 4) is 0 Å². The molecule has 0 amide bonds. The third-order valence-electron chi connectivity index (χ3n) is 2.69. The molecule has 1 unspecified atom stereocenters. The fourth-order valence-electron chi connectivity index (χ4n) is 1.91. The summed E-state index contributed by atoms with van der Waals surface area (Å²) >= 11 is 1.85. The number of carbonyl (C=O) groups excluding carboxylic acids is 1. The SMILES string of the molecule is O=CO[C@@H]1CSC(C2CCOCC2)N1. The van der Waals surface area contributed by atoms with Crippen molar-refractivity contribution in [2.75, 3.05) is 19.0 Å². The van der Waals surface area contributed by atoms with Gasteiger partial charge in [-0.1, -0.05) is 0 Å². The number of ether oxygens (including phenoxy) is 2. The van der Waals surface area contributed by atoms with Crippen LogP contribution in [0.5, 0.6) is 0 Å². The summed E-state index contributed by atoms with van der Waals surface area (Å²) in [5, 5.41) is 3.75. The lowest BCUT2D eigenvalue weighted by Gasteiger charge is -2.27. The topological polar surface area (TPSA) is 47.6 Å². The molecule has 0 aromatic heterocycles. The van der Waals surface area contributed by atoms with Crippen LogP contribution >= 0.6 is 11.8 Å². The Kier molecular flexibility index (Phi) is 3.67. The van der Waals surface area contributed by atoms with Crippen molar-refractivity contribution in [1.29, 1.82) is 0 Å².